The SMILES string of the molecule is CCn1nc(C2=CC(C(C)(C)NS(=O)(=O)CC(F)(F)F)=CCC2)cc1Oc1ccc(C)cc1. The Balaban J connectivity index is 1.84. The number of aromatic nitrogens is 2. The highest BCUT2D eigenvalue weighted by atomic mass is 32.2. The highest BCUT2D eigenvalue weighted by molar-refractivity contribution is 7.89. The molecule has 1 aromatic heterocycles. The number of nitrogens with zero attached hydrogens (tertiary/aromatic N) is 2. The summed E-state index contributed by atoms with van der Waals surface area (Å²) >= 11 is 0. The van der Waals surface area contributed by atoms with Gasteiger partial charge in [0, 0.05) is 12.6 Å². The summed E-state index contributed by atoms with van der Waals surface area (Å²) in [5.41, 5.74) is 2.02. The summed E-state index contributed by atoms with van der Waals surface area (Å²) in [6, 6.07) is 9.46. The van der Waals surface area contributed by atoms with Crippen molar-refractivity contribution in [3.63, 3.8) is 0 Å². The molecule has 1 heterocycles. The number of aryl methyl sites for hydroxylation is 2. The lowest BCUT2D eigenvalue weighted by Gasteiger charge is -2.30. The molecule has 1 aromatic carbocycles. The highest BCUT2D eigenvalue weighted by Gasteiger charge is 2.38. The second kappa shape index (κ2) is 9.34. The van der Waals surface area contributed by atoms with Crippen LogP contribution in [0.4, 0.5) is 13.2 Å². The van der Waals surface area contributed by atoms with Crippen molar-refractivity contribution in [1.29, 1.82) is 0 Å². The molecule has 0 saturated carbocycles. The second-order valence-electron chi connectivity index (χ2n) is 8.57. The van der Waals surface area contributed by atoms with E-state index in [2.05, 4.69) is 9.82 Å². The summed E-state index contributed by atoms with van der Waals surface area (Å²) in [7, 11) is -4.56. The molecule has 0 bridgehead atoms. The average molecular weight is 484 g/mol. The minimum absolute atomic E-state index is 0.568. The first-order valence-electron chi connectivity index (χ1n) is 10.6. The van der Waals surface area contributed by atoms with Gasteiger partial charge in [0.15, 0.2) is 5.75 Å². The predicted molar refractivity (Wildman–Crippen MR) is 122 cm³/mol. The Kier molecular flexibility index (Phi) is 7.09. The van der Waals surface area contributed by atoms with Crippen molar-refractivity contribution >= 4 is 15.6 Å². The maximum absolute atomic E-state index is 12.6. The molecule has 10 heteroatoms. The average Bonchev–Trinajstić information content (AvgIpc) is 3.10. The molecule has 0 aliphatic heterocycles. The zero-order valence-electron chi connectivity index (χ0n) is 19.0. The van der Waals surface area contributed by atoms with Crippen LogP contribution in [0.2, 0.25) is 0 Å². The third-order valence-corrected chi connectivity index (χ3v) is 6.74. The fourth-order valence-corrected chi connectivity index (χ4v) is 5.03. The molecule has 0 saturated heterocycles. The van der Waals surface area contributed by atoms with Crippen LogP contribution >= 0.6 is 0 Å². The molecule has 0 unspecified atom stereocenters. The van der Waals surface area contributed by atoms with Gasteiger partial charge >= 0.3 is 6.18 Å². The van der Waals surface area contributed by atoms with Crippen LogP contribution in [0, 0.1) is 6.92 Å². The molecule has 0 amide bonds. The summed E-state index contributed by atoms with van der Waals surface area (Å²) in [6.45, 7) is 7.60. The molecule has 1 aliphatic carbocycles. The second-order valence-corrected chi connectivity index (χ2v) is 10.3. The van der Waals surface area contributed by atoms with Gasteiger partial charge in [0.1, 0.15) is 5.75 Å². The van der Waals surface area contributed by atoms with Crippen molar-refractivity contribution in [3.8, 4) is 11.6 Å². The summed E-state index contributed by atoms with van der Waals surface area (Å²) < 4.78 is 71.9. The van der Waals surface area contributed by atoms with E-state index in [9.17, 15) is 21.6 Å². The third kappa shape index (κ3) is 6.70. The van der Waals surface area contributed by atoms with Gasteiger partial charge in [-0.05, 0) is 63.8 Å². The molecule has 0 spiro atoms. The van der Waals surface area contributed by atoms with Crippen LogP contribution < -0.4 is 9.46 Å². The Labute approximate surface area is 192 Å². The van der Waals surface area contributed by atoms with Crippen molar-refractivity contribution in [2.45, 2.75) is 58.8 Å². The minimum Gasteiger partial charge on any atom is -0.439 e. The lowest BCUT2D eigenvalue weighted by atomic mass is 9.87. The van der Waals surface area contributed by atoms with Crippen LogP contribution in [0.25, 0.3) is 5.57 Å². The van der Waals surface area contributed by atoms with E-state index in [1.165, 1.54) is 0 Å². The Bertz CT molecular complexity index is 1160. The molecular formula is C23H28F3N3O3S. The monoisotopic (exact) mass is 483 g/mol. The van der Waals surface area contributed by atoms with Crippen LogP contribution in [-0.4, -0.2) is 35.7 Å². The van der Waals surface area contributed by atoms with Crippen molar-refractivity contribution in [3.05, 3.63) is 59.3 Å². The molecule has 1 aliphatic rings. The van der Waals surface area contributed by atoms with Gasteiger partial charge in [-0.15, -0.1) is 0 Å². The van der Waals surface area contributed by atoms with E-state index in [0.717, 1.165) is 11.1 Å². The van der Waals surface area contributed by atoms with Gasteiger partial charge in [0.25, 0.3) is 0 Å². The molecule has 6 nitrogen and oxygen atoms in total. The first-order chi connectivity index (χ1) is 15.3. The number of hydrogen-bond acceptors (Lipinski definition) is 4. The van der Waals surface area contributed by atoms with Gasteiger partial charge in [-0.3, -0.25) is 0 Å². The Hall–Kier alpha value is -2.59. The fraction of sp³-hybridized carbons (Fsp3) is 0.435. The van der Waals surface area contributed by atoms with E-state index >= 15 is 0 Å². The lowest BCUT2D eigenvalue weighted by molar-refractivity contribution is -0.106. The van der Waals surface area contributed by atoms with E-state index in [0.29, 0.717) is 42.3 Å². The Morgan fingerprint density at radius 1 is 1.18 bits per heavy atom. The van der Waals surface area contributed by atoms with Gasteiger partial charge in [-0.25, -0.2) is 17.8 Å². The molecule has 0 radical (unpaired) electrons. The molecule has 180 valence electrons. The molecule has 2 aromatic rings. The summed E-state index contributed by atoms with van der Waals surface area (Å²) in [5.74, 6) is -0.674. The zero-order valence-corrected chi connectivity index (χ0v) is 19.8. The van der Waals surface area contributed by atoms with Gasteiger partial charge in [0.05, 0.1) is 11.2 Å². The number of benzene rings is 1. The van der Waals surface area contributed by atoms with Crippen LogP contribution in [0.5, 0.6) is 11.6 Å². The smallest absolute Gasteiger partial charge is 0.404 e. The van der Waals surface area contributed by atoms with Crippen molar-refractivity contribution < 1.29 is 26.3 Å². The summed E-state index contributed by atoms with van der Waals surface area (Å²) in [6.07, 6.45) is 0.0841. The van der Waals surface area contributed by atoms with Crippen LogP contribution in [0.15, 0.2) is 48.1 Å². The maximum Gasteiger partial charge on any atom is 0.404 e. The normalized spacial score (nSPS) is 15.2. The standard InChI is InChI=1S/C23H28F3N3O3S/c1-5-29-21(32-19-11-9-16(2)10-12-19)14-20(27-29)17-7-6-8-18(13-17)22(3,4)28-33(30,31)15-23(24,25)26/h8-14,28H,5-7,15H2,1-4H3. The number of alkyl halides is 3. The lowest BCUT2D eigenvalue weighted by Crippen LogP contribution is -2.47. The largest absolute Gasteiger partial charge is 0.439 e. The minimum atomic E-state index is -4.81. The topological polar surface area (TPSA) is 73.2 Å². The van der Waals surface area contributed by atoms with Gasteiger partial charge in [-0.2, -0.15) is 18.3 Å². The number of allylic oxidation sites excluding steroid dienone is 2. The Morgan fingerprint density at radius 3 is 2.45 bits per heavy atom. The number of hydrogen-bond donors (Lipinski definition) is 1. The first-order valence-corrected chi connectivity index (χ1v) is 12.3. The first kappa shape index (κ1) is 25.0. The number of halogens is 3. The van der Waals surface area contributed by atoms with E-state index in [1.54, 1.807) is 24.6 Å². The number of rotatable bonds is 8. The molecule has 0 fully saturated rings. The highest BCUT2D eigenvalue weighted by Crippen LogP contribution is 2.34. The Morgan fingerprint density at radius 2 is 1.85 bits per heavy atom. The van der Waals surface area contributed by atoms with Crippen molar-refractivity contribution in [1.82, 2.24) is 14.5 Å². The van der Waals surface area contributed by atoms with E-state index < -0.39 is 27.5 Å². The number of nitrogens with one attached hydrogen (secondary N) is 1. The number of sulfonamides is 1. The van der Waals surface area contributed by atoms with Crippen LogP contribution in [-0.2, 0) is 16.6 Å². The van der Waals surface area contributed by atoms with E-state index in [1.807, 2.05) is 50.3 Å². The molecule has 0 atom stereocenters. The quantitative estimate of drug-likeness (QED) is 0.548. The zero-order chi connectivity index (χ0) is 24.4. The van der Waals surface area contributed by atoms with Crippen molar-refractivity contribution in [2.75, 3.05) is 5.75 Å². The van der Waals surface area contributed by atoms with Crippen LogP contribution in [0.3, 0.4) is 0 Å². The molecule has 1 N–H and O–H groups in total. The van der Waals surface area contributed by atoms with Crippen molar-refractivity contribution in [2.24, 2.45) is 0 Å². The van der Waals surface area contributed by atoms with Gasteiger partial charge in [0.2, 0.25) is 15.9 Å². The summed E-state index contributed by atoms with van der Waals surface area (Å²) in [5, 5.41) is 4.61. The van der Waals surface area contributed by atoms with Gasteiger partial charge < -0.3 is 4.74 Å². The predicted octanol–water partition coefficient (Wildman–Crippen LogP) is 5.37. The molecule has 3 rings (SSSR count). The van der Waals surface area contributed by atoms with E-state index in [4.69, 9.17) is 4.74 Å². The molecule has 33 heavy (non-hydrogen) atoms. The van der Waals surface area contributed by atoms with Crippen LogP contribution in [0.1, 0.15) is 44.9 Å². The molecular weight excluding hydrogens is 455 g/mol. The fourth-order valence-electron chi connectivity index (χ4n) is 3.63. The third-order valence-electron chi connectivity index (χ3n) is 5.21. The summed E-state index contributed by atoms with van der Waals surface area (Å²) in [4.78, 5) is 0. The van der Waals surface area contributed by atoms with Gasteiger partial charge in [-0.1, -0.05) is 29.8 Å². The maximum atomic E-state index is 12.6. The van der Waals surface area contributed by atoms with E-state index in [-0.39, 0.29) is 0 Å². The number of ether oxygens (including phenoxy) is 1.